The van der Waals surface area contributed by atoms with E-state index >= 15 is 0 Å². The fourth-order valence-electron chi connectivity index (χ4n) is 0.270. The van der Waals surface area contributed by atoms with Gasteiger partial charge >= 0.3 is 0 Å². The van der Waals surface area contributed by atoms with Gasteiger partial charge in [-0.25, -0.2) is 0 Å². The summed E-state index contributed by atoms with van der Waals surface area (Å²) in [5, 5.41) is 2.96. The summed E-state index contributed by atoms with van der Waals surface area (Å²) < 4.78 is 13.8. The lowest BCUT2D eigenvalue weighted by Crippen LogP contribution is -2.23. The predicted octanol–water partition coefficient (Wildman–Crippen LogP) is -0.233. The smallest absolute Gasteiger partial charge is 0.0394 e. The van der Waals surface area contributed by atoms with Gasteiger partial charge in [-0.3, -0.25) is 0 Å². The van der Waals surface area contributed by atoms with Crippen molar-refractivity contribution in [2.24, 2.45) is 0 Å². The van der Waals surface area contributed by atoms with Crippen LogP contribution in [0.2, 0.25) is 0 Å². The molecule has 0 bridgehead atoms. The molecule has 0 saturated heterocycles. The molecule has 2 heteroatoms. The summed E-state index contributed by atoms with van der Waals surface area (Å²) in [6, 6.07) is 0. The van der Waals surface area contributed by atoms with Crippen LogP contribution in [0, 0.1) is 0 Å². The topological polar surface area (TPSA) is 15.3 Å². The quantitative estimate of drug-likeness (QED) is 0.532. The van der Waals surface area contributed by atoms with Crippen LogP contribution in [0.25, 0.3) is 0 Å². The van der Waals surface area contributed by atoms with Crippen molar-refractivity contribution >= 4 is 0 Å². The highest BCUT2D eigenvalue weighted by Crippen LogP contribution is 1.66. The summed E-state index contributed by atoms with van der Waals surface area (Å²) in [7, 11) is 2.32. The Bertz CT molecular complexity index is 56.9. The van der Waals surface area contributed by atoms with Gasteiger partial charge in [0.05, 0.1) is 0 Å². The van der Waals surface area contributed by atoms with Gasteiger partial charge in [-0.1, -0.05) is 0 Å². The zero-order valence-electron chi connectivity index (χ0n) is 6.78. The molecule has 1 N–H and O–H groups in total. The number of rotatable bonds is 3. The van der Waals surface area contributed by atoms with E-state index in [0.717, 1.165) is 13.1 Å². The summed E-state index contributed by atoms with van der Waals surface area (Å²) >= 11 is 0. The minimum Gasteiger partial charge on any atom is -0.318 e. The van der Waals surface area contributed by atoms with Crippen LogP contribution in [0.1, 0.15) is 2.74 Å². The average Bonchev–Trinajstić information content (AvgIpc) is 1.91. The Hall–Kier alpha value is -0.0800. The summed E-state index contributed by atoms with van der Waals surface area (Å²) in [6.07, 6.45) is 0. The normalized spacial score (nSPS) is 14.0. The summed E-state index contributed by atoms with van der Waals surface area (Å²) in [5.74, 6) is 0. The first-order chi connectivity index (χ1) is 4.35. The van der Waals surface area contributed by atoms with Crippen LogP contribution in [0.4, 0.5) is 0 Å². The summed E-state index contributed by atoms with van der Waals surface area (Å²) in [4.78, 5) is 1.73. The average molecular weight is 104 g/mol. The van der Waals surface area contributed by atoms with Crippen molar-refractivity contribution in [1.29, 1.82) is 0 Å². The van der Waals surface area contributed by atoms with E-state index in [0.29, 0.717) is 0 Å². The van der Waals surface area contributed by atoms with Crippen molar-refractivity contribution in [3.05, 3.63) is 0 Å². The highest BCUT2D eigenvalue weighted by Gasteiger charge is 1.82. The molecule has 0 aromatic heterocycles. The molecule has 0 rings (SSSR count). The monoisotopic (exact) mass is 104 g/mol. The lowest BCUT2D eigenvalue weighted by molar-refractivity contribution is 0.407. The molecule has 0 amide bonds. The number of nitrogens with one attached hydrogen (secondary N) is 1. The molecule has 0 aromatic carbocycles. The zero-order chi connectivity index (χ0) is 7.11. The standard InChI is InChI=1S/C5H14N2/c1-6-4-5-7(2)3/h6H,4-5H2,1-3H3/i2D,3D. The van der Waals surface area contributed by atoms with Crippen LogP contribution in [0.15, 0.2) is 0 Å². The lowest BCUT2D eigenvalue weighted by atomic mass is 10.6. The minimum atomic E-state index is 0.227. The Morgan fingerprint density at radius 3 is 2.86 bits per heavy atom. The maximum Gasteiger partial charge on any atom is 0.0394 e. The SMILES string of the molecule is [2H]CN(C[2H])CCNC. The molecule has 0 radical (unpaired) electrons. The molecular weight excluding hydrogens is 88.1 g/mol. The van der Waals surface area contributed by atoms with E-state index < -0.39 is 0 Å². The van der Waals surface area contributed by atoms with Crippen molar-refractivity contribution in [1.82, 2.24) is 10.2 Å². The highest BCUT2D eigenvalue weighted by atomic mass is 15.1. The first kappa shape index (κ1) is 3.87. The second kappa shape index (κ2) is 4.09. The van der Waals surface area contributed by atoms with Gasteiger partial charge in [0.25, 0.3) is 0 Å². The van der Waals surface area contributed by atoms with E-state index in [1.807, 2.05) is 7.05 Å². The second-order valence-electron chi connectivity index (χ2n) is 1.50. The molecule has 0 aliphatic rings. The van der Waals surface area contributed by atoms with Gasteiger partial charge in [0.15, 0.2) is 0 Å². The van der Waals surface area contributed by atoms with Crippen LogP contribution in [-0.2, 0) is 0 Å². The largest absolute Gasteiger partial charge is 0.318 e. The lowest BCUT2D eigenvalue weighted by Gasteiger charge is -2.06. The first-order valence-corrected chi connectivity index (χ1v) is 2.30. The molecule has 0 spiro atoms. The Morgan fingerprint density at radius 1 is 1.71 bits per heavy atom. The minimum absolute atomic E-state index is 0.227. The third kappa shape index (κ3) is 5.92. The summed E-state index contributed by atoms with van der Waals surface area (Å²) in [6.45, 7) is 1.65. The van der Waals surface area contributed by atoms with Crippen LogP contribution in [0.3, 0.4) is 0 Å². The van der Waals surface area contributed by atoms with Crippen molar-refractivity contribution in [2.45, 2.75) is 0 Å². The van der Waals surface area contributed by atoms with E-state index in [1.54, 1.807) is 4.90 Å². The first-order valence-electron chi connectivity index (χ1n) is 3.72. The molecule has 0 aliphatic carbocycles. The molecule has 0 unspecified atom stereocenters. The van der Waals surface area contributed by atoms with Crippen molar-refractivity contribution in [3.63, 3.8) is 0 Å². The maximum absolute atomic E-state index is 6.92. The third-order valence-electron chi connectivity index (χ3n) is 0.678. The number of nitrogens with zero attached hydrogens (tertiary/aromatic N) is 1. The van der Waals surface area contributed by atoms with Gasteiger partial charge in [-0.15, -0.1) is 0 Å². The highest BCUT2D eigenvalue weighted by molar-refractivity contribution is 4.42. The Labute approximate surface area is 48.3 Å². The van der Waals surface area contributed by atoms with Gasteiger partial charge < -0.3 is 10.2 Å². The van der Waals surface area contributed by atoms with Gasteiger partial charge in [-0.05, 0) is 21.1 Å². The number of hydrogen-bond acceptors (Lipinski definition) is 2. The van der Waals surface area contributed by atoms with E-state index in [2.05, 4.69) is 5.32 Å². The maximum atomic E-state index is 6.92. The van der Waals surface area contributed by atoms with Gasteiger partial charge in [0, 0.05) is 15.8 Å². The van der Waals surface area contributed by atoms with Gasteiger partial charge in [0.2, 0.25) is 0 Å². The molecule has 44 valence electrons. The molecule has 0 atom stereocenters. The van der Waals surface area contributed by atoms with Crippen molar-refractivity contribution in [3.8, 4) is 0 Å². The van der Waals surface area contributed by atoms with Crippen LogP contribution >= 0.6 is 0 Å². The van der Waals surface area contributed by atoms with Crippen LogP contribution < -0.4 is 5.32 Å². The van der Waals surface area contributed by atoms with Gasteiger partial charge in [0.1, 0.15) is 0 Å². The van der Waals surface area contributed by atoms with E-state index in [9.17, 15) is 0 Å². The molecule has 0 saturated carbocycles. The zero-order valence-corrected chi connectivity index (χ0v) is 4.78. The Kier molecular flexibility index (Phi) is 2.26. The predicted molar refractivity (Wildman–Crippen MR) is 32.5 cm³/mol. The third-order valence-corrected chi connectivity index (χ3v) is 0.678. The van der Waals surface area contributed by atoms with Gasteiger partial charge in [-0.2, -0.15) is 0 Å². The van der Waals surface area contributed by atoms with Crippen molar-refractivity contribution < 1.29 is 2.74 Å². The molecule has 7 heavy (non-hydrogen) atoms. The molecular formula is C5H14N2. The van der Waals surface area contributed by atoms with Crippen LogP contribution in [0.5, 0.6) is 0 Å². The molecule has 2 nitrogen and oxygen atoms in total. The second-order valence-corrected chi connectivity index (χ2v) is 1.50. The van der Waals surface area contributed by atoms with E-state index in [1.165, 1.54) is 0 Å². The molecule has 0 heterocycles. The molecule has 0 aliphatic heterocycles. The fraction of sp³-hybridized carbons (Fsp3) is 1.00. The van der Waals surface area contributed by atoms with Crippen molar-refractivity contribution in [2.75, 3.05) is 34.2 Å². The Balaban J connectivity index is 3.09. The van der Waals surface area contributed by atoms with E-state index in [-0.39, 0.29) is 14.0 Å². The number of likely N-dealkylation sites (N-methyl/N-ethyl adjacent to an activating group) is 2. The van der Waals surface area contributed by atoms with Crippen LogP contribution in [-0.4, -0.2) is 39.1 Å². The summed E-state index contributed by atoms with van der Waals surface area (Å²) in [5.41, 5.74) is 0. The molecule has 0 aromatic rings. The fourth-order valence-corrected chi connectivity index (χ4v) is 0.270. The Morgan fingerprint density at radius 2 is 2.43 bits per heavy atom. The number of hydrogen-bond donors (Lipinski definition) is 1. The van der Waals surface area contributed by atoms with E-state index in [4.69, 9.17) is 2.74 Å². The molecule has 0 fully saturated rings.